The largest absolute Gasteiger partial charge is 0.437 e. The quantitative estimate of drug-likeness (QED) is 0.211. The van der Waals surface area contributed by atoms with E-state index in [-0.39, 0.29) is 33.2 Å². The minimum Gasteiger partial charge on any atom is -0.296 e. The number of halogens is 10. The van der Waals surface area contributed by atoms with E-state index in [2.05, 4.69) is 11.2 Å². The van der Waals surface area contributed by atoms with E-state index in [9.17, 15) is 45.2 Å². The zero-order chi connectivity index (χ0) is 28.3. The van der Waals surface area contributed by atoms with E-state index in [0.717, 1.165) is 12.4 Å². The summed E-state index contributed by atoms with van der Waals surface area (Å²) in [4.78, 5) is 12.7. The van der Waals surface area contributed by atoms with Crippen LogP contribution in [0.3, 0.4) is 0 Å². The molecule has 38 heavy (non-hydrogen) atoms. The summed E-state index contributed by atoms with van der Waals surface area (Å²) in [6, 6.07) is 6.35. The van der Waals surface area contributed by atoms with Gasteiger partial charge in [0.2, 0.25) is 0 Å². The number of nitrogens with zero attached hydrogens (tertiary/aromatic N) is 4. The predicted octanol–water partition coefficient (Wildman–Crippen LogP) is 7.74. The van der Waals surface area contributed by atoms with Gasteiger partial charge in [0.05, 0.1) is 33.4 Å². The lowest BCUT2D eigenvalue weighted by Crippen LogP contribution is -2.51. The summed E-state index contributed by atoms with van der Waals surface area (Å²) < 4.78 is 109. The molecule has 1 fully saturated rings. The molecule has 0 radical (unpaired) electrons. The second-order valence-corrected chi connectivity index (χ2v) is 9.58. The SMILES string of the molecule is N#CC1(CC(=O)c2cc(-c3cnn(-c4c(Cl)cc(C(F)(C(F)(F)F)C(F)(F)F)n4CF)c3)ccc2Cl)CC1. The van der Waals surface area contributed by atoms with Crippen molar-refractivity contribution in [2.45, 2.75) is 44.1 Å². The van der Waals surface area contributed by atoms with Crippen LogP contribution in [0.4, 0.5) is 35.1 Å². The number of alkyl halides is 8. The molecule has 15 heteroatoms. The first-order valence-electron chi connectivity index (χ1n) is 10.7. The Kier molecular flexibility index (Phi) is 6.81. The number of hydrogen-bond acceptors (Lipinski definition) is 3. The summed E-state index contributed by atoms with van der Waals surface area (Å²) in [5, 5.41) is 12.3. The summed E-state index contributed by atoms with van der Waals surface area (Å²) in [6.07, 6.45) is -9.67. The van der Waals surface area contributed by atoms with E-state index < -0.39 is 52.6 Å². The molecule has 0 atom stereocenters. The van der Waals surface area contributed by atoms with Crippen molar-refractivity contribution >= 4 is 29.0 Å². The van der Waals surface area contributed by atoms with E-state index >= 15 is 0 Å². The molecule has 1 saturated carbocycles. The number of ketones is 1. The van der Waals surface area contributed by atoms with Gasteiger partial charge in [-0.25, -0.2) is 13.5 Å². The Morgan fingerprint density at radius 3 is 2.18 bits per heavy atom. The summed E-state index contributed by atoms with van der Waals surface area (Å²) in [7, 11) is 0. The number of aromatic nitrogens is 3. The van der Waals surface area contributed by atoms with E-state index in [1.165, 1.54) is 18.2 Å². The molecular weight excluding hydrogens is 571 g/mol. The Morgan fingerprint density at radius 1 is 1.03 bits per heavy atom. The number of nitriles is 1. The molecule has 1 aliphatic rings. The molecule has 4 rings (SSSR count). The molecule has 2 heterocycles. The van der Waals surface area contributed by atoms with Crippen molar-refractivity contribution in [2.24, 2.45) is 5.41 Å². The molecule has 0 saturated heterocycles. The van der Waals surface area contributed by atoms with Gasteiger partial charge in [0, 0.05) is 23.7 Å². The van der Waals surface area contributed by atoms with Crippen LogP contribution in [0.2, 0.25) is 10.0 Å². The Bertz CT molecular complexity index is 1430. The molecule has 3 aromatic rings. The normalized spacial score (nSPS) is 15.4. The van der Waals surface area contributed by atoms with Crippen LogP contribution in [-0.2, 0) is 12.5 Å². The Morgan fingerprint density at radius 2 is 1.66 bits per heavy atom. The second-order valence-electron chi connectivity index (χ2n) is 8.76. The number of benzene rings is 1. The van der Waals surface area contributed by atoms with Crippen LogP contribution >= 0.6 is 23.2 Å². The first kappa shape index (κ1) is 27.9. The smallest absolute Gasteiger partial charge is 0.296 e. The Hall–Kier alpha value is -3.11. The Labute approximate surface area is 219 Å². The van der Waals surface area contributed by atoms with Crippen molar-refractivity contribution in [3.8, 4) is 23.0 Å². The summed E-state index contributed by atoms with van der Waals surface area (Å²) >= 11 is 12.0. The first-order chi connectivity index (χ1) is 17.6. The highest BCUT2D eigenvalue weighted by atomic mass is 35.5. The topological polar surface area (TPSA) is 63.6 Å². The number of hydrogen-bond donors (Lipinski definition) is 0. The molecule has 0 aliphatic heterocycles. The molecule has 5 nitrogen and oxygen atoms in total. The van der Waals surface area contributed by atoms with Crippen molar-refractivity contribution in [2.75, 3.05) is 0 Å². The van der Waals surface area contributed by atoms with Crippen LogP contribution in [0.5, 0.6) is 0 Å². The van der Waals surface area contributed by atoms with Crippen molar-refractivity contribution in [3.05, 3.63) is 58.0 Å². The first-order valence-corrected chi connectivity index (χ1v) is 11.4. The second kappa shape index (κ2) is 9.27. The highest BCUT2D eigenvalue weighted by molar-refractivity contribution is 6.34. The highest BCUT2D eigenvalue weighted by Crippen LogP contribution is 2.54. The molecule has 2 aromatic heterocycles. The van der Waals surface area contributed by atoms with Crippen LogP contribution in [-0.4, -0.2) is 32.5 Å². The molecule has 0 N–H and O–H groups in total. The van der Waals surface area contributed by atoms with Gasteiger partial charge in [-0.2, -0.15) is 36.7 Å². The van der Waals surface area contributed by atoms with E-state index in [1.807, 2.05) is 0 Å². The fraction of sp³-hybridized carbons (Fsp3) is 0.348. The van der Waals surface area contributed by atoms with Crippen LogP contribution in [0, 0.1) is 16.7 Å². The van der Waals surface area contributed by atoms with Crippen LogP contribution in [0.25, 0.3) is 16.9 Å². The minimum atomic E-state index is -6.48. The van der Waals surface area contributed by atoms with Gasteiger partial charge < -0.3 is 0 Å². The molecule has 1 aromatic carbocycles. The maximum atomic E-state index is 14.7. The fourth-order valence-electron chi connectivity index (χ4n) is 3.98. The summed E-state index contributed by atoms with van der Waals surface area (Å²) in [5.74, 6) is -1.19. The molecule has 202 valence electrons. The summed E-state index contributed by atoms with van der Waals surface area (Å²) in [6.45, 7) is -2.00. The lowest BCUT2D eigenvalue weighted by Gasteiger charge is -2.30. The number of carbonyl (C=O) groups is 1. The Balaban J connectivity index is 1.75. The molecule has 0 spiro atoms. The zero-order valence-electron chi connectivity index (χ0n) is 18.8. The van der Waals surface area contributed by atoms with Gasteiger partial charge >= 0.3 is 18.0 Å². The van der Waals surface area contributed by atoms with Crippen molar-refractivity contribution in [3.63, 3.8) is 0 Å². The van der Waals surface area contributed by atoms with Crippen molar-refractivity contribution in [1.29, 1.82) is 5.26 Å². The van der Waals surface area contributed by atoms with Gasteiger partial charge in [0.25, 0.3) is 0 Å². The van der Waals surface area contributed by atoms with Crippen molar-refractivity contribution in [1.82, 2.24) is 14.3 Å². The fourth-order valence-corrected chi connectivity index (χ4v) is 4.50. The van der Waals surface area contributed by atoms with Gasteiger partial charge in [-0.15, -0.1) is 0 Å². The standard InChI is InChI=1S/C23H14Cl2F8N4O/c24-15-2-1-12(5-14(15)17(38)7-20(10-34)3-4-20)13-8-35-37(9-13)19-16(25)6-18(36(19)11-26)21(27,22(28,29)30)23(31,32)33/h1-2,5-6,8-9H,3-4,7,11H2. The lowest BCUT2D eigenvalue weighted by molar-refractivity contribution is -0.350. The van der Waals surface area contributed by atoms with E-state index in [4.69, 9.17) is 23.2 Å². The zero-order valence-corrected chi connectivity index (χ0v) is 20.3. The molecule has 0 bridgehead atoms. The maximum Gasteiger partial charge on any atom is 0.437 e. The third kappa shape index (κ3) is 4.53. The van der Waals surface area contributed by atoms with Crippen LogP contribution in [0.1, 0.15) is 35.3 Å². The van der Waals surface area contributed by atoms with Gasteiger partial charge in [-0.1, -0.05) is 29.3 Å². The number of Topliss-reactive ketones (excluding diaryl/α,β-unsaturated/α-hetero) is 1. The monoisotopic (exact) mass is 584 g/mol. The predicted molar refractivity (Wildman–Crippen MR) is 119 cm³/mol. The van der Waals surface area contributed by atoms with Crippen LogP contribution in [0.15, 0.2) is 36.7 Å². The number of carbonyl (C=O) groups excluding carboxylic acids is 1. The lowest BCUT2D eigenvalue weighted by atomic mass is 9.95. The average Bonchev–Trinajstić information content (AvgIpc) is 3.28. The van der Waals surface area contributed by atoms with Gasteiger partial charge in [0.15, 0.2) is 18.4 Å². The molecule has 1 aliphatic carbocycles. The third-order valence-electron chi connectivity index (χ3n) is 6.27. The van der Waals surface area contributed by atoms with Gasteiger partial charge in [0.1, 0.15) is 0 Å². The maximum absolute atomic E-state index is 14.7. The minimum absolute atomic E-state index is 0.0424. The van der Waals surface area contributed by atoms with E-state index in [0.29, 0.717) is 23.1 Å². The van der Waals surface area contributed by atoms with E-state index in [1.54, 1.807) is 0 Å². The molecular formula is C23H14Cl2F8N4O. The average molecular weight is 585 g/mol. The number of rotatable bonds is 7. The van der Waals surface area contributed by atoms with Gasteiger partial charge in [-0.3, -0.25) is 9.36 Å². The molecule has 0 unspecified atom stereocenters. The molecule has 0 amide bonds. The van der Waals surface area contributed by atoms with Crippen LogP contribution < -0.4 is 0 Å². The van der Waals surface area contributed by atoms with Gasteiger partial charge in [-0.05, 0) is 36.6 Å². The highest BCUT2D eigenvalue weighted by Gasteiger charge is 2.75. The third-order valence-corrected chi connectivity index (χ3v) is 6.87. The van der Waals surface area contributed by atoms with Crippen molar-refractivity contribution < 1.29 is 39.9 Å². The summed E-state index contributed by atoms with van der Waals surface area (Å²) in [5.41, 5.74) is -8.18.